The van der Waals surface area contributed by atoms with Gasteiger partial charge in [-0.1, -0.05) is 36.9 Å². The quantitative estimate of drug-likeness (QED) is 0.642. The molecular weight excluding hydrogens is 296 g/mol. The van der Waals surface area contributed by atoms with Crippen molar-refractivity contribution < 1.29 is 0 Å². The van der Waals surface area contributed by atoms with Crippen molar-refractivity contribution in [3.05, 3.63) is 52.2 Å². The summed E-state index contributed by atoms with van der Waals surface area (Å²) in [4.78, 5) is 6.20. The monoisotopic (exact) mass is 316 g/mol. The number of benzene rings is 1. The molecule has 0 bridgehead atoms. The highest BCUT2D eigenvalue weighted by molar-refractivity contribution is 7.99. The van der Waals surface area contributed by atoms with Gasteiger partial charge in [-0.25, -0.2) is 0 Å². The molecule has 0 radical (unpaired) electrons. The number of aromatic amines is 1. The Hall–Kier alpha value is -1.23. The second kappa shape index (κ2) is 6.26. The zero-order valence-corrected chi connectivity index (χ0v) is 13.9. The van der Waals surface area contributed by atoms with Crippen molar-refractivity contribution in [3.63, 3.8) is 0 Å². The molecule has 0 spiro atoms. The van der Waals surface area contributed by atoms with Crippen LogP contribution >= 0.6 is 23.1 Å². The topological polar surface area (TPSA) is 41.8 Å². The van der Waals surface area contributed by atoms with Crippen molar-refractivity contribution in [1.82, 2.24) is 4.98 Å². The molecule has 0 saturated carbocycles. The highest BCUT2D eigenvalue weighted by Gasteiger charge is 2.22. The Bertz CT molecular complexity index is 696. The lowest BCUT2D eigenvalue weighted by atomic mass is 10.1. The Labute approximate surface area is 133 Å². The lowest BCUT2D eigenvalue weighted by Gasteiger charge is -2.20. The van der Waals surface area contributed by atoms with Gasteiger partial charge in [0.25, 0.3) is 0 Å². The molecule has 21 heavy (non-hydrogen) atoms. The average molecular weight is 316 g/mol. The van der Waals surface area contributed by atoms with Gasteiger partial charge in [0, 0.05) is 26.7 Å². The Morgan fingerprint density at radius 3 is 2.71 bits per heavy atom. The molecular formula is C17H20N2S2. The Balaban J connectivity index is 1.90. The predicted octanol–water partition coefficient (Wildman–Crippen LogP) is 5.11. The molecule has 0 fully saturated rings. The molecule has 0 aliphatic carbocycles. The van der Waals surface area contributed by atoms with E-state index in [9.17, 15) is 0 Å². The third-order valence-corrected chi connectivity index (χ3v) is 6.23. The van der Waals surface area contributed by atoms with E-state index in [-0.39, 0.29) is 6.04 Å². The third-order valence-electron chi connectivity index (χ3n) is 3.66. The van der Waals surface area contributed by atoms with Crippen molar-refractivity contribution in [2.45, 2.75) is 36.6 Å². The summed E-state index contributed by atoms with van der Waals surface area (Å²) >= 11 is 3.69. The summed E-state index contributed by atoms with van der Waals surface area (Å²) in [5.41, 5.74) is 7.56. The molecule has 0 saturated heterocycles. The van der Waals surface area contributed by atoms with Crippen LogP contribution in [0, 0.1) is 6.92 Å². The molecule has 2 unspecified atom stereocenters. The molecule has 0 amide bonds. The SMILES string of the molecule is CCC(N)C(Sc1cc2ccccc2[nH]1)c1ccc(C)s1. The number of thiophene rings is 1. The molecule has 2 heterocycles. The number of hydrogen-bond acceptors (Lipinski definition) is 3. The predicted molar refractivity (Wildman–Crippen MR) is 94.2 cm³/mol. The van der Waals surface area contributed by atoms with Crippen LogP contribution in [0.2, 0.25) is 0 Å². The first-order valence-electron chi connectivity index (χ1n) is 7.23. The van der Waals surface area contributed by atoms with Gasteiger partial charge < -0.3 is 10.7 Å². The number of aryl methyl sites for hydroxylation is 1. The summed E-state index contributed by atoms with van der Waals surface area (Å²) in [6.07, 6.45) is 0.981. The molecule has 110 valence electrons. The zero-order chi connectivity index (χ0) is 14.8. The first-order chi connectivity index (χ1) is 10.2. The molecule has 2 aromatic heterocycles. The first-order valence-corrected chi connectivity index (χ1v) is 8.93. The maximum absolute atomic E-state index is 6.37. The highest BCUT2D eigenvalue weighted by Crippen LogP contribution is 2.41. The van der Waals surface area contributed by atoms with Gasteiger partial charge >= 0.3 is 0 Å². The minimum Gasteiger partial charge on any atom is -0.350 e. The Kier molecular flexibility index (Phi) is 4.38. The fraction of sp³-hybridized carbons (Fsp3) is 0.294. The van der Waals surface area contributed by atoms with Gasteiger partial charge in [-0.3, -0.25) is 0 Å². The van der Waals surface area contributed by atoms with Gasteiger partial charge in [0.2, 0.25) is 0 Å². The minimum absolute atomic E-state index is 0.166. The molecule has 0 aliphatic rings. The summed E-state index contributed by atoms with van der Waals surface area (Å²) in [7, 11) is 0. The van der Waals surface area contributed by atoms with Crippen molar-refractivity contribution in [3.8, 4) is 0 Å². The van der Waals surface area contributed by atoms with E-state index in [1.165, 1.54) is 25.7 Å². The van der Waals surface area contributed by atoms with E-state index in [4.69, 9.17) is 5.73 Å². The van der Waals surface area contributed by atoms with Crippen LogP contribution in [0.1, 0.15) is 28.3 Å². The van der Waals surface area contributed by atoms with E-state index < -0.39 is 0 Å². The second-order valence-electron chi connectivity index (χ2n) is 5.28. The van der Waals surface area contributed by atoms with Crippen LogP contribution in [-0.4, -0.2) is 11.0 Å². The second-order valence-corrected chi connectivity index (χ2v) is 7.78. The largest absolute Gasteiger partial charge is 0.350 e. The number of nitrogens with two attached hydrogens (primary N) is 1. The first kappa shape index (κ1) is 14.7. The van der Waals surface area contributed by atoms with Gasteiger partial charge in [-0.2, -0.15) is 0 Å². The Morgan fingerprint density at radius 2 is 2.05 bits per heavy atom. The summed E-state index contributed by atoms with van der Waals surface area (Å²) in [5.74, 6) is 0. The van der Waals surface area contributed by atoms with E-state index in [0.29, 0.717) is 5.25 Å². The van der Waals surface area contributed by atoms with Gasteiger partial charge in [-0.05, 0) is 37.6 Å². The van der Waals surface area contributed by atoms with Crippen molar-refractivity contribution in [2.24, 2.45) is 5.73 Å². The molecule has 0 aliphatic heterocycles. The minimum atomic E-state index is 0.166. The van der Waals surface area contributed by atoms with Gasteiger partial charge in [-0.15, -0.1) is 11.3 Å². The fourth-order valence-corrected chi connectivity index (χ4v) is 4.85. The van der Waals surface area contributed by atoms with E-state index >= 15 is 0 Å². The average Bonchev–Trinajstić information content (AvgIpc) is 3.09. The summed E-state index contributed by atoms with van der Waals surface area (Å²) in [5, 5.41) is 2.75. The van der Waals surface area contributed by atoms with Crippen LogP contribution in [0.15, 0.2) is 47.5 Å². The number of fused-ring (bicyclic) bond motifs is 1. The number of aromatic nitrogens is 1. The highest BCUT2D eigenvalue weighted by atomic mass is 32.2. The van der Waals surface area contributed by atoms with E-state index in [1.807, 2.05) is 23.1 Å². The molecule has 2 nitrogen and oxygen atoms in total. The number of hydrogen-bond donors (Lipinski definition) is 2. The number of thioether (sulfide) groups is 1. The lowest BCUT2D eigenvalue weighted by Crippen LogP contribution is -2.25. The van der Waals surface area contributed by atoms with Gasteiger partial charge in [0.15, 0.2) is 0 Å². The van der Waals surface area contributed by atoms with E-state index in [0.717, 1.165) is 6.42 Å². The van der Waals surface area contributed by atoms with Crippen LogP contribution in [-0.2, 0) is 0 Å². The molecule has 3 N–H and O–H groups in total. The van der Waals surface area contributed by atoms with E-state index in [1.54, 1.807) is 0 Å². The third kappa shape index (κ3) is 3.18. The maximum Gasteiger partial charge on any atom is 0.0739 e. The molecule has 2 atom stereocenters. The molecule has 4 heteroatoms. The van der Waals surface area contributed by atoms with Crippen LogP contribution in [0.3, 0.4) is 0 Å². The normalized spacial score (nSPS) is 14.4. The number of rotatable bonds is 5. The van der Waals surface area contributed by atoms with Crippen LogP contribution in [0.25, 0.3) is 10.9 Å². The molecule has 3 aromatic rings. The Morgan fingerprint density at radius 1 is 1.24 bits per heavy atom. The zero-order valence-electron chi connectivity index (χ0n) is 12.3. The maximum atomic E-state index is 6.37. The number of H-pyrrole nitrogens is 1. The van der Waals surface area contributed by atoms with Crippen LogP contribution in [0.5, 0.6) is 0 Å². The smallest absolute Gasteiger partial charge is 0.0739 e. The van der Waals surface area contributed by atoms with E-state index in [2.05, 4.69) is 61.3 Å². The lowest BCUT2D eigenvalue weighted by molar-refractivity contribution is 0.639. The van der Waals surface area contributed by atoms with Gasteiger partial charge in [0.1, 0.15) is 0 Å². The van der Waals surface area contributed by atoms with Crippen LogP contribution < -0.4 is 5.73 Å². The summed E-state index contributed by atoms with van der Waals surface area (Å²) in [6.45, 7) is 4.31. The van der Waals surface area contributed by atoms with Crippen molar-refractivity contribution in [1.29, 1.82) is 0 Å². The van der Waals surface area contributed by atoms with Crippen molar-refractivity contribution in [2.75, 3.05) is 0 Å². The number of nitrogens with one attached hydrogen (secondary N) is 1. The summed E-state index contributed by atoms with van der Waals surface area (Å²) in [6, 6.07) is 15.2. The number of para-hydroxylation sites is 1. The van der Waals surface area contributed by atoms with Crippen molar-refractivity contribution >= 4 is 34.0 Å². The summed E-state index contributed by atoms with van der Waals surface area (Å²) < 4.78 is 0. The molecule has 1 aromatic carbocycles. The standard InChI is InChI=1S/C17H20N2S2/c1-3-13(18)17(15-9-8-11(2)20-15)21-16-10-12-6-4-5-7-14(12)19-16/h4-10,13,17,19H,3,18H2,1-2H3. The molecule has 3 rings (SSSR count). The van der Waals surface area contributed by atoms with Gasteiger partial charge in [0.05, 0.1) is 10.3 Å². The fourth-order valence-electron chi connectivity index (χ4n) is 2.42. The van der Waals surface area contributed by atoms with Crippen LogP contribution in [0.4, 0.5) is 0 Å².